The zero-order valence-corrected chi connectivity index (χ0v) is 14.8. The molecule has 0 bridgehead atoms. The molecule has 1 heterocycles. The minimum Gasteiger partial charge on any atom is -0.431 e. The maximum Gasteiger partial charge on any atom is 0.315 e. The summed E-state index contributed by atoms with van der Waals surface area (Å²) in [6.45, 7) is 0.883. The van der Waals surface area contributed by atoms with E-state index in [-0.39, 0.29) is 6.03 Å². The predicted molar refractivity (Wildman–Crippen MR) is 99.2 cm³/mol. The molecular formula is C18H16ClN3O2S. The molecule has 3 rings (SSSR count). The van der Waals surface area contributed by atoms with Gasteiger partial charge in [0.2, 0.25) is 0 Å². The van der Waals surface area contributed by atoms with Crippen molar-refractivity contribution >= 4 is 29.0 Å². The standard InChI is InChI=1S/C18H16ClN3O2S/c19-15-5-1-13(2-6-15)11-21-17(23)22-12-14-3-7-16(8-4-14)24-18-20-9-10-25-18/h1-10H,11-12H2,(H2,21,22,23). The summed E-state index contributed by atoms with van der Waals surface area (Å²) in [5.74, 6) is 0.714. The Morgan fingerprint density at radius 2 is 1.60 bits per heavy atom. The van der Waals surface area contributed by atoms with E-state index in [1.54, 1.807) is 18.3 Å². The van der Waals surface area contributed by atoms with E-state index in [1.165, 1.54) is 11.3 Å². The number of rotatable bonds is 6. The Morgan fingerprint density at radius 3 is 2.16 bits per heavy atom. The minimum atomic E-state index is -0.224. The summed E-state index contributed by atoms with van der Waals surface area (Å²) in [5.41, 5.74) is 1.97. The fourth-order valence-electron chi connectivity index (χ4n) is 2.07. The second-order valence-electron chi connectivity index (χ2n) is 5.21. The number of amides is 2. The molecule has 0 aliphatic rings. The number of hydrogen-bond acceptors (Lipinski definition) is 4. The van der Waals surface area contributed by atoms with Crippen molar-refractivity contribution in [3.8, 4) is 10.9 Å². The molecule has 2 aromatic carbocycles. The van der Waals surface area contributed by atoms with E-state index in [2.05, 4.69) is 15.6 Å². The molecule has 0 unspecified atom stereocenters. The van der Waals surface area contributed by atoms with Crippen LogP contribution in [0.3, 0.4) is 0 Å². The van der Waals surface area contributed by atoms with E-state index < -0.39 is 0 Å². The van der Waals surface area contributed by atoms with Gasteiger partial charge in [-0.05, 0) is 35.4 Å². The van der Waals surface area contributed by atoms with Gasteiger partial charge in [-0.3, -0.25) is 0 Å². The SMILES string of the molecule is O=C(NCc1ccc(Cl)cc1)NCc1ccc(Oc2nccs2)cc1. The number of nitrogens with zero attached hydrogens (tertiary/aromatic N) is 1. The van der Waals surface area contributed by atoms with Crippen LogP contribution in [-0.4, -0.2) is 11.0 Å². The van der Waals surface area contributed by atoms with Gasteiger partial charge in [-0.25, -0.2) is 9.78 Å². The van der Waals surface area contributed by atoms with Crippen molar-refractivity contribution in [3.05, 3.63) is 76.3 Å². The average Bonchev–Trinajstić information content (AvgIpc) is 3.14. The molecule has 2 N–H and O–H groups in total. The molecule has 0 aliphatic carbocycles. The van der Waals surface area contributed by atoms with Crippen LogP contribution in [0.2, 0.25) is 5.02 Å². The highest BCUT2D eigenvalue weighted by molar-refractivity contribution is 7.11. The van der Waals surface area contributed by atoms with Crippen LogP contribution in [0.25, 0.3) is 0 Å². The van der Waals surface area contributed by atoms with Crippen LogP contribution in [0.15, 0.2) is 60.1 Å². The van der Waals surface area contributed by atoms with Gasteiger partial charge < -0.3 is 15.4 Å². The highest BCUT2D eigenvalue weighted by Gasteiger charge is 2.03. The number of carbonyl (C=O) groups excluding carboxylic acids is 1. The molecular weight excluding hydrogens is 358 g/mol. The molecule has 3 aromatic rings. The number of hydrogen-bond donors (Lipinski definition) is 2. The normalized spacial score (nSPS) is 10.3. The zero-order chi connectivity index (χ0) is 17.5. The van der Waals surface area contributed by atoms with E-state index in [1.807, 2.05) is 41.8 Å². The van der Waals surface area contributed by atoms with Crippen molar-refractivity contribution in [2.75, 3.05) is 0 Å². The number of benzene rings is 2. The molecule has 25 heavy (non-hydrogen) atoms. The van der Waals surface area contributed by atoms with Crippen molar-refractivity contribution in [3.63, 3.8) is 0 Å². The van der Waals surface area contributed by atoms with Crippen molar-refractivity contribution in [2.45, 2.75) is 13.1 Å². The van der Waals surface area contributed by atoms with Crippen LogP contribution >= 0.6 is 22.9 Å². The lowest BCUT2D eigenvalue weighted by Gasteiger charge is -2.08. The molecule has 5 nitrogen and oxygen atoms in total. The second kappa shape index (κ2) is 8.50. The second-order valence-corrected chi connectivity index (χ2v) is 6.50. The predicted octanol–water partition coefficient (Wildman–Crippen LogP) is 4.59. The lowest BCUT2D eigenvalue weighted by Crippen LogP contribution is -2.34. The lowest BCUT2D eigenvalue weighted by atomic mass is 10.2. The van der Waals surface area contributed by atoms with Crippen LogP contribution in [0, 0.1) is 0 Å². The van der Waals surface area contributed by atoms with Crippen LogP contribution < -0.4 is 15.4 Å². The Kier molecular flexibility index (Phi) is 5.87. The van der Waals surface area contributed by atoms with Crippen LogP contribution in [-0.2, 0) is 13.1 Å². The van der Waals surface area contributed by atoms with E-state index in [0.717, 1.165) is 11.1 Å². The molecule has 1 aromatic heterocycles. The molecule has 0 spiro atoms. The molecule has 128 valence electrons. The van der Waals surface area contributed by atoms with Crippen LogP contribution in [0.4, 0.5) is 4.79 Å². The average molecular weight is 374 g/mol. The Bertz CT molecular complexity index is 805. The lowest BCUT2D eigenvalue weighted by molar-refractivity contribution is 0.240. The summed E-state index contributed by atoms with van der Waals surface area (Å²) in [6, 6.07) is 14.6. The first-order chi connectivity index (χ1) is 12.2. The van der Waals surface area contributed by atoms with Gasteiger partial charge in [0.1, 0.15) is 5.75 Å². The number of halogens is 1. The Labute approximate surface area is 154 Å². The molecule has 0 radical (unpaired) electrons. The number of aromatic nitrogens is 1. The van der Waals surface area contributed by atoms with Gasteiger partial charge >= 0.3 is 6.03 Å². The summed E-state index contributed by atoms with van der Waals surface area (Å²) in [5, 5.41) is 8.76. The first-order valence-corrected chi connectivity index (χ1v) is 8.87. The van der Waals surface area contributed by atoms with Crippen molar-refractivity contribution < 1.29 is 9.53 Å². The Balaban J connectivity index is 1.43. The topological polar surface area (TPSA) is 63.2 Å². The maximum absolute atomic E-state index is 11.9. The first-order valence-electron chi connectivity index (χ1n) is 7.61. The van der Waals surface area contributed by atoms with Gasteiger partial charge in [0.05, 0.1) is 0 Å². The van der Waals surface area contributed by atoms with Crippen LogP contribution in [0.5, 0.6) is 10.9 Å². The highest BCUT2D eigenvalue weighted by Crippen LogP contribution is 2.23. The van der Waals surface area contributed by atoms with Gasteiger partial charge in [-0.15, -0.1) is 0 Å². The number of urea groups is 1. The summed E-state index contributed by atoms with van der Waals surface area (Å²) < 4.78 is 5.59. The first kappa shape index (κ1) is 17.3. The summed E-state index contributed by atoms with van der Waals surface area (Å²) in [7, 11) is 0. The van der Waals surface area contributed by atoms with E-state index in [9.17, 15) is 4.79 Å². The molecule has 2 amide bonds. The van der Waals surface area contributed by atoms with Crippen LogP contribution in [0.1, 0.15) is 11.1 Å². The third kappa shape index (κ3) is 5.48. The van der Waals surface area contributed by atoms with E-state index in [0.29, 0.717) is 29.1 Å². The molecule has 0 fully saturated rings. The monoisotopic (exact) mass is 373 g/mol. The van der Waals surface area contributed by atoms with Gasteiger partial charge in [-0.1, -0.05) is 47.2 Å². The maximum atomic E-state index is 11.9. The van der Waals surface area contributed by atoms with Crippen molar-refractivity contribution in [1.82, 2.24) is 15.6 Å². The molecule has 0 saturated carbocycles. The number of carbonyl (C=O) groups is 1. The molecule has 7 heteroatoms. The summed E-state index contributed by atoms with van der Waals surface area (Å²) in [6.07, 6.45) is 1.70. The zero-order valence-electron chi connectivity index (χ0n) is 13.2. The summed E-state index contributed by atoms with van der Waals surface area (Å²) >= 11 is 7.27. The molecule has 0 atom stereocenters. The van der Waals surface area contributed by atoms with Crippen molar-refractivity contribution in [1.29, 1.82) is 0 Å². The Morgan fingerprint density at radius 1 is 1.00 bits per heavy atom. The van der Waals surface area contributed by atoms with Gasteiger partial charge in [0, 0.05) is 29.7 Å². The third-order valence-electron chi connectivity index (χ3n) is 3.36. The van der Waals surface area contributed by atoms with Gasteiger partial charge in [0.25, 0.3) is 5.19 Å². The fraction of sp³-hybridized carbons (Fsp3) is 0.111. The highest BCUT2D eigenvalue weighted by atomic mass is 35.5. The third-order valence-corrected chi connectivity index (χ3v) is 4.26. The number of ether oxygens (including phenoxy) is 1. The molecule has 0 saturated heterocycles. The minimum absolute atomic E-state index is 0.224. The van der Waals surface area contributed by atoms with E-state index >= 15 is 0 Å². The Hall–Kier alpha value is -2.57. The quantitative estimate of drug-likeness (QED) is 0.664. The van der Waals surface area contributed by atoms with Gasteiger partial charge in [0.15, 0.2) is 0 Å². The fourth-order valence-corrected chi connectivity index (χ4v) is 2.70. The van der Waals surface area contributed by atoms with Gasteiger partial charge in [-0.2, -0.15) is 0 Å². The largest absolute Gasteiger partial charge is 0.431 e. The van der Waals surface area contributed by atoms with E-state index in [4.69, 9.17) is 16.3 Å². The number of nitrogens with one attached hydrogen (secondary N) is 2. The summed E-state index contributed by atoms with van der Waals surface area (Å²) in [4.78, 5) is 15.9. The smallest absolute Gasteiger partial charge is 0.315 e. The molecule has 0 aliphatic heterocycles. The van der Waals surface area contributed by atoms with Crippen molar-refractivity contribution in [2.24, 2.45) is 0 Å². The number of thiazole rings is 1.